The van der Waals surface area contributed by atoms with Gasteiger partial charge in [-0.15, -0.1) is 0 Å². The van der Waals surface area contributed by atoms with Crippen molar-refractivity contribution in [3.8, 4) is 0 Å². The Hall–Kier alpha value is -1.61. The highest BCUT2D eigenvalue weighted by atomic mass is 16.3. The highest BCUT2D eigenvalue weighted by Crippen LogP contribution is 2.27. The van der Waals surface area contributed by atoms with Crippen LogP contribution in [0, 0.1) is 0 Å². The van der Waals surface area contributed by atoms with E-state index in [1.165, 1.54) is 0 Å². The third-order valence-corrected chi connectivity index (χ3v) is 4.08. The Balaban J connectivity index is 2.56. The first kappa shape index (κ1) is 13.8. The lowest BCUT2D eigenvalue weighted by atomic mass is 9.99. The molecule has 3 nitrogen and oxygen atoms in total. The third kappa shape index (κ3) is 2.56. The fourth-order valence-electron chi connectivity index (χ4n) is 2.08. The van der Waals surface area contributed by atoms with Crippen LogP contribution >= 0.6 is 0 Å². The zero-order valence-electron chi connectivity index (χ0n) is 12.1. The van der Waals surface area contributed by atoms with Crippen LogP contribution in [-0.2, 0) is 6.61 Å². The van der Waals surface area contributed by atoms with E-state index in [-0.39, 0.29) is 12.1 Å². The van der Waals surface area contributed by atoms with Gasteiger partial charge in [-0.1, -0.05) is 25.1 Å². The zero-order chi connectivity index (χ0) is 14.0. The van der Waals surface area contributed by atoms with Crippen molar-refractivity contribution in [3.63, 3.8) is 0 Å². The standard InChI is InChI=1S/C16H22N2O/c1-5-16(2,3)18(4)15-10-12(11-19)13-8-6-7-9-14(13)17-15/h6-10,19H,5,11H2,1-4H3. The number of rotatable bonds is 4. The van der Waals surface area contributed by atoms with E-state index in [9.17, 15) is 5.11 Å². The molecule has 0 bridgehead atoms. The van der Waals surface area contributed by atoms with Crippen LogP contribution in [0.3, 0.4) is 0 Å². The van der Waals surface area contributed by atoms with E-state index in [0.717, 1.165) is 28.7 Å². The number of para-hydroxylation sites is 1. The fraction of sp³-hybridized carbons (Fsp3) is 0.438. The molecule has 1 N–H and O–H groups in total. The lowest BCUT2D eigenvalue weighted by Gasteiger charge is -2.36. The van der Waals surface area contributed by atoms with E-state index in [4.69, 9.17) is 4.98 Å². The molecule has 0 aliphatic carbocycles. The van der Waals surface area contributed by atoms with Crippen LogP contribution in [0.2, 0.25) is 0 Å². The molecule has 102 valence electrons. The molecule has 19 heavy (non-hydrogen) atoms. The summed E-state index contributed by atoms with van der Waals surface area (Å²) in [4.78, 5) is 6.89. The van der Waals surface area contributed by atoms with E-state index in [1.807, 2.05) is 30.3 Å². The smallest absolute Gasteiger partial charge is 0.129 e. The second kappa shape index (κ2) is 5.17. The van der Waals surface area contributed by atoms with Gasteiger partial charge in [-0.2, -0.15) is 0 Å². The predicted molar refractivity (Wildman–Crippen MR) is 80.4 cm³/mol. The number of pyridine rings is 1. The fourth-order valence-corrected chi connectivity index (χ4v) is 2.08. The number of anilines is 1. The summed E-state index contributed by atoms with van der Waals surface area (Å²) in [7, 11) is 2.06. The highest BCUT2D eigenvalue weighted by molar-refractivity contribution is 5.84. The van der Waals surface area contributed by atoms with Crippen molar-refractivity contribution in [1.29, 1.82) is 0 Å². The van der Waals surface area contributed by atoms with E-state index in [1.54, 1.807) is 0 Å². The van der Waals surface area contributed by atoms with E-state index in [0.29, 0.717) is 0 Å². The molecule has 2 aromatic rings. The van der Waals surface area contributed by atoms with E-state index in [2.05, 4.69) is 32.7 Å². The zero-order valence-corrected chi connectivity index (χ0v) is 12.1. The quantitative estimate of drug-likeness (QED) is 0.913. The summed E-state index contributed by atoms with van der Waals surface area (Å²) >= 11 is 0. The number of benzene rings is 1. The minimum Gasteiger partial charge on any atom is -0.392 e. The molecule has 1 aromatic carbocycles. The monoisotopic (exact) mass is 258 g/mol. The largest absolute Gasteiger partial charge is 0.392 e. The molecular formula is C16H22N2O. The molecule has 0 aliphatic heterocycles. The van der Waals surface area contributed by atoms with Gasteiger partial charge in [-0.3, -0.25) is 0 Å². The molecule has 0 aliphatic rings. The molecule has 0 amide bonds. The van der Waals surface area contributed by atoms with Gasteiger partial charge in [0.15, 0.2) is 0 Å². The molecule has 0 atom stereocenters. The van der Waals surface area contributed by atoms with Gasteiger partial charge in [0.1, 0.15) is 5.82 Å². The van der Waals surface area contributed by atoms with E-state index >= 15 is 0 Å². The van der Waals surface area contributed by atoms with Gasteiger partial charge in [0.25, 0.3) is 0 Å². The van der Waals surface area contributed by atoms with Crippen molar-refractivity contribution in [3.05, 3.63) is 35.9 Å². The van der Waals surface area contributed by atoms with Crippen LogP contribution in [-0.4, -0.2) is 22.7 Å². The summed E-state index contributed by atoms with van der Waals surface area (Å²) in [6.45, 7) is 6.60. The SMILES string of the molecule is CCC(C)(C)N(C)c1cc(CO)c2ccccc2n1. The first-order chi connectivity index (χ1) is 8.99. The molecule has 0 saturated carbocycles. The van der Waals surface area contributed by atoms with Crippen molar-refractivity contribution >= 4 is 16.7 Å². The van der Waals surface area contributed by atoms with Crippen LogP contribution in [0.25, 0.3) is 10.9 Å². The number of nitrogens with zero attached hydrogens (tertiary/aromatic N) is 2. The molecule has 2 rings (SSSR count). The van der Waals surface area contributed by atoms with Crippen LogP contribution in [0.5, 0.6) is 0 Å². The summed E-state index contributed by atoms with van der Waals surface area (Å²) in [6.07, 6.45) is 1.03. The molecule has 0 unspecified atom stereocenters. The third-order valence-electron chi connectivity index (χ3n) is 4.08. The topological polar surface area (TPSA) is 36.4 Å². The summed E-state index contributed by atoms with van der Waals surface area (Å²) in [6, 6.07) is 9.93. The number of fused-ring (bicyclic) bond motifs is 1. The van der Waals surface area contributed by atoms with Gasteiger partial charge in [-0.25, -0.2) is 4.98 Å². The van der Waals surface area contributed by atoms with Crippen LogP contribution in [0.15, 0.2) is 30.3 Å². The molecule has 1 aromatic heterocycles. The lowest BCUT2D eigenvalue weighted by Crippen LogP contribution is -2.41. The maximum absolute atomic E-state index is 9.56. The van der Waals surface area contributed by atoms with Crippen LogP contribution in [0.4, 0.5) is 5.82 Å². The maximum atomic E-state index is 9.56. The number of aliphatic hydroxyl groups is 1. The van der Waals surface area contributed by atoms with Gasteiger partial charge in [0, 0.05) is 18.0 Å². The molecule has 3 heteroatoms. The van der Waals surface area contributed by atoms with Gasteiger partial charge >= 0.3 is 0 Å². The number of hydrogen-bond acceptors (Lipinski definition) is 3. The molecule has 0 fully saturated rings. The molecule has 0 spiro atoms. The van der Waals surface area contributed by atoms with Crippen molar-refractivity contribution in [2.45, 2.75) is 39.3 Å². The second-order valence-corrected chi connectivity index (χ2v) is 5.54. The molecule has 0 saturated heterocycles. The summed E-state index contributed by atoms with van der Waals surface area (Å²) in [5.74, 6) is 0.912. The Labute approximate surface area is 114 Å². The minimum absolute atomic E-state index is 0.0381. The summed E-state index contributed by atoms with van der Waals surface area (Å²) < 4.78 is 0. The Morgan fingerprint density at radius 3 is 2.58 bits per heavy atom. The first-order valence-electron chi connectivity index (χ1n) is 6.73. The van der Waals surface area contributed by atoms with Crippen molar-refractivity contribution in [2.24, 2.45) is 0 Å². The van der Waals surface area contributed by atoms with Crippen molar-refractivity contribution < 1.29 is 5.11 Å². The Bertz CT molecular complexity index is 578. The van der Waals surface area contributed by atoms with Gasteiger partial charge in [0.05, 0.1) is 12.1 Å². The maximum Gasteiger partial charge on any atom is 0.129 e. The number of aliphatic hydroxyl groups excluding tert-OH is 1. The lowest BCUT2D eigenvalue weighted by molar-refractivity contribution is 0.283. The average Bonchev–Trinajstić information content (AvgIpc) is 2.45. The Morgan fingerprint density at radius 2 is 1.95 bits per heavy atom. The minimum atomic E-state index is 0.0381. The van der Waals surface area contributed by atoms with E-state index < -0.39 is 0 Å². The van der Waals surface area contributed by atoms with Crippen LogP contribution in [0.1, 0.15) is 32.8 Å². The predicted octanol–water partition coefficient (Wildman–Crippen LogP) is 3.35. The molecule has 1 heterocycles. The normalized spacial score (nSPS) is 11.8. The number of aromatic nitrogens is 1. The first-order valence-corrected chi connectivity index (χ1v) is 6.73. The van der Waals surface area contributed by atoms with Crippen molar-refractivity contribution in [2.75, 3.05) is 11.9 Å². The highest BCUT2D eigenvalue weighted by Gasteiger charge is 2.23. The summed E-state index contributed by atoms with van der Waals surface area (Å²) in [5, 5.41) is 10.6. The van der Waals surface area contributed by atoms with Gasteiger partial charge in [-0.05, 0) is 38.0 Å². The number of hydrogen-bond donors (Lipinski definition) is 1. The molecular weight excluding hydrogens is 236 g/mol. The Kier molecular flexibility index (Phi) is 3.76. The second-order valence-electron chi connectivity index (χ2n) is 5.54. The Morgan fingerprint density at radius 1 is 1.26 bits per heavy atom. The van der Waals surface area contributed by atoms with Crippen molar-refractivity contribution in [1.82, 2.24) is 4.98 Å². The average molecular weight is 258 g/mol. The van der Waals surface area contributed by atoms with Gasteiger partial charge in [0.2, 0.25) is 0 Å². The summed E-state index contributed by atoms with van der Waals surface area (Å²) in [5.41, 5.74) is 1.91. The van der Waals surface area contributed by atoms with Crippen LogP contribution < -0.4 is 4.90 Å². The molecule has 0 radical (unpaired) electrons. The van der Waals surface area contributed by atoms with Gasteiger partial charge < -0.3 is 10.0 Å².